The van der Waals surface area contributed by atoms with Crippen molar-refractivity contribution in [1.82, 2.24) is 0 Å². The van der Waals surface area contributed by atoms with Gasteiger partial charge in [-0.25, -0.2) is 0 Å². The number of rotatable bonds is 2. The van der Waals surface area contributed by atoms with Gasteiger partial charge in [-0.3, -0.25) is 14.4 Å². The summed E-state index contributed by atoms with van der Waals surface area (Å²) in [7, 11) is 0. The first kappa shape index (κ1) is 16.2. The van der Waals surface area contributed by atoms with Crippen molar-refractivity contribution in [2.75, 3.05) is 5.32 Å². The number of carbonyl (C=O) groups excluding carboxylic acids is 3. The highest BCUT2D eigenvalue weighted by molar-refractivity contribution is 6.34. The third-order valence-electron chi connectivity index (χ3n) is 4.29. The van der Waals surface area contributed by atoms with E-state index in [0.717, 1.165) is 0 Å². The fourth-order valence-electron chi connectivity index (χ4n) is 3.06. The Morgan fingerprint density at radius 2 is 1.54 bits per heavy atom. The third-order valence-corrected chi connectivity index (χ3v) is 4.53. The maximum absolute atomic E-state index is 13.0. The monoisotopic (exact) mass is 361 g/mol. The standard InChI is InChI=1S/C21H12ClNO3/c22-13-9-10-14-16(11-13)19(24)15-7-4-8-17(18(15)20(14)25)23-21(26)12-5-2-1-3-6-12/h1-11H,(H,23,26). The number of halogens is 1. The molecule has 0 heterocycles. The molecule has 0 saturated heterocycles. The molecule has 0 unspecified atom stereocenters. The predicted octanol–water partition coefficient (Wildman–Crippen LogP) is 4.37. The molecule has 0 bridgehead atoms. The molecule has 126 valence electrons. The zero-order valence-corrected chi connectivity index (χ0v) is 14.2. The van der Waals surface area contributed by atoms with Gasteiger partial charge in [-0.1, -0.05) is 41.9 Å². The van der Waals surface area contributed by atoms with Crippen LogP contribution >= 0.6 is 11.6 Å². The van der Waals surface area contributed by atoms with Crippen LogP contribution in [-0.2, 0) is 0 Å². The molecule has 0 aliphatic heterocycles. The van der Waals surface area contributed by atoms with Gasteiger partial charge in [0, 0.05) is 27.3 Å². The van der Waals surface area contributed by atoms with Crippen LogP contribution in [0.15, 0.2) is 66.7 Å². The number of ketones is 2. The molecule has 0 aromatic heterocycles. The number of nitrogens with one attached hydrogen (secondary N) is 1. The Kier molecular flexibility index (Phi) is 3.90. The van der Waals surface area contributed by atoms with Gasteiger partial charge in [-0.15, -0.1) is 0 Å². The Hall–Kier alpha value is -3.24. The van der Waals surface area contributed by atoms with Crippen molar-refractivity contribution in [3.8, 4) is 0 Å². The fourth-order valence-corrected chi connectivity index (χ4v) is 3.23. The predicted molar refractivity (Wildman–Crippen MR) is 99.2 cm³/mol. The number of carbonyl (C=O) groups is 3. The third kappa shape index (κ3) is 2.61. The summed E-state index contributed by atoms with van der Waals surface area (Å²) in [6, 6.07) is 18.1. The van der Waals surface area contributed by atoms with Crippen LogP contribution in [0.5, 0.6) is 0 Å². The first-order chi connectivity index (χ1) is 12.6. The minimum absolute atomic E-state index is 0.205. The molecular weight excluding hydrogens is 350 g/mol. The Morgan fingerprint density at radius 1 is 0.769 bits per heavy atom. The van der Waals surface area contributed by atoms with Crippen molar-refractivity contribution in [3.63, 3.8) is 0 Å². The number of amides is 1. The lowest BCUT2D eigenvalue weighted by Crippen LogP contribution is -2.24. The van der Waals surface area contributed by atoms with Crippen LogP contribution in [0.25, 0.3) is 0 Å². The van der Waals surface area contributed by atoms with Crippen LogP contribution in [-0.4, -0.2) is 17.5 Å². The summed E-state index contributed by atoms with van der Waals surface area (Å²) >= 11 is 5.96. The molecule has 1 N–H and O–H groups in total. The van der Waals surface area contributed by atoms with Gasteiger partial charge in [0.15, 0.2) is 11.6 Å². The highest BCUT2D eigenvalue weighted by Crippen LogP contribution is 2.33. The summed E-state index contributed by atoms with van der Waals surface area (Å²) in [6.45, 7) is 0. The molecule has 0 atom stereocenters. The van der Waals surface area contributed by atoms with Crippen molar-refractivity contribution in [1.29, 1.82) is 0 Å². The second kappa shape index (κ2) is 6.24. The molecule has 4 nitrogen and oxygen atoms in total. The van der Waals surface area contributed by atoms with E-state index in [1.807, 2.05) is 6.07 Å². The molecular formula is C21H12ClNO3. The van der Waals surface area contributed by atoms with Gasteiger partial charge >= 0.3 is 0 Å². The highest BCUT2D eigenvalue weighted by Gasteiger charge is 2.32. The van der Waals surface area contributed by atoms with Crippen molar-refractivity contribution < 1.29 is 14.4 Å². The Labute approximate surface area is 154 Å². The first-order valence-electron chi connectivity index (χ1n) is 7.94. The molecule has 3 aromatic carbocycles. The van der Waals surface area contributed by atoms with Crippen LogP contribution in [0.2, 0.25) is 5.02 Å². The minimum Gasteiger partial charge on any atom is -0.321 e. The van der Waals surface area contributed by atoms with Crippen molar-refractivity contribution in [2.45, 2.75) is 0 Å². The zero-order valence-electron chi connectivity index (χ0n) is 13.5. The van der Waals surface area contributed by atoms with Gasteiger partial charge in [-0.05, 0) is 36.4 Å². The lowest BCUT2D eigenvalue weighted by molar-refractivity contribution is 0.0978. The fraction of sp³-hybridized carbons (Fsp3) is 0. The van der Waals surface area contributed by atoms with Crippen LogP contribution in [0.1, 0.15) is 42.2 Å². The smallest absolute Gasteiger partial charge is 0.255 e. The van der Waals surface area contributed by atoms with Crippen LogP contribution in [0.3, 0.4) is 0 Å². The molecule has 3 aromatic rings. The SMILES string of the molecule is O=C(Nc1cccc2c1C(=O)c1ccc(Cl)cc1C2=O)c1ccccc1. The quantitative estimate of drug-likeness (QED) is 0.576. The van der Waals surface area contributed by atoms with E-state index in [2.05, 4.69) is 5.32 Å². The van der Waals surface area contributed by atoms with E-state index in [-0.39, 0.29) is 39.7 Å². The molecule has 0 spiro atoms. The molecule has 1 aliphatic rings. The maximum Gasteiger partial charge on any atom is 0.255 e. The van der Waals surface area contributed by atoms with E-state index < -0.39 is 0 Å². The van der Waals surface area contributed by atoms with Crippen molar-refractivity contribution >= 4 is 34.8 Å². The molecule has 1 aliphatic carbocycles. The number of anilines is 1. The average Bonchev–Trinajstić information content (AvgIpc) is 2.66. The largest absolute Gasteiger partial charge is 0.321 e. The summed E-state index contributed by atoms with van der Waals surface area (Å²) < 4.78 is 0. The Balaban J connectivity index is 1.79. The Bertz CT molecular complexity index is 1070. The number of fused-ring (bicyclic) bond motifs is 2. The topological polar surface area (TPSA) is 63.2 Å². The molecule has 26 heavy (non-hydrogen) atoms. The number of hydrogen-bond donors (Lipinski definition) is 1. The van der Waals surface area contributed by atoms with Gasteiger partial charge < -0.3 is 5.32 Å². The summed E-state index contributed by atoms with van der Waals surface area (Å²) in [5, 5.41) is 3.13. The van der Waals surface area contributed by atoms with E-state index in [4.69, 9.17) is 11.6 Å². The van der Waals surface area contributed by atoms with Gasteiger partial charge in [0.1, 0.15) is 0 Å². The van der Waals surface area contributed by atoms with Crippen LogP contribution in [0.4, 0.5) is 5.69 Å². The summed E-state index contributed by atoms with van der Waals surface area (Å²) in [6.07, 6.45) is 0. The number of benzene rings is 3. The molecule has 1 amide bonds. The summed E-state index contributed by atoms with van der Waals surface area (Å²) in [4.78, 5) is 38.2. The summed E-state index contributed by atoms with van der Waals surface area (Å²) in [5.41, 5.74) is 1.81. The van der Waals surface area contributed by atoms with E-state index in [0.29, 0.717) is 16.3 Å². The van der Waals surface area contributed by atoms with E-state index in [1.165, 1.54) is 12.1 Å². The lowest BCUT2D eigenvalue weighted by Gasteiger charge is -2.20. The summed E-state index contributed by atoms with van der Waals surface area (Å²) in [5.74, 6) is -0.940. The highest BCUT2D eigenvalue weighted by atomic mass is 35.5. The van der Waals surface area contributed by atoms with Crippen LogP contribution in [0, 0.1) is 0 Å². The lowest BCUT2D eigenvalue weighted by atomic mass is 9.83. The van der Waals surface area contributed by atoms with Crippen molar-refractivity contribution in [3.05, 3.63) is 99.6 Å². The molecule has 5 heteroatoms. The second-order valence-corrected chi connectivity index (χ2v) is 6.33. The van der Waals surface area contributed by atoms with Gasteiger partial charge in [0.25, 0.3) is 5.91 Å². The molecule has 0 radical (unpaired) electrons. The van der Waals surface area contributed by atoms with E-state index >= 15 is 0 Å². The first-order valence-corrected chi connectivity index (χ1v) is 8.32. The minimum atomic E-state index is -0.346. The van der Waals surface area contributed by atoms with Gasteiger partial charge in [0.05, 0.1) is 11.3 Å². The number of hydrogen-bond acceptors (Lipinski definition) is 3. The normalized spacial score (nSPS) is 12.3. The molecule has 0 fully saturated rings. The average molecular weight is 362 g/mol. The van der Waals surface area contributed by atoms with Gasteiger partial charge in [-0.2, -0.15) is 0 Å². The van der Waals surface area contributed by atoms with Gasteiger partial charge in [0.2, 0.25) is 0 Å². The van der Waals surface area contributed by atoms with Crippen molar-refractivity contribution in [2.24, 2.45) is 0 Å². The van der Waals surface area contributed by atoms with E-state index in [1.54, 1.807) is 48.5 Å². The molecule has 0 saturated carbocycles. The molecule has 4 rings (SSSR count). The Morgan fingerprint density at radius 3 is 2.31 bits per heavy atom. The maximum atomic E-state index is 13.0. The van der Waals surface area contributed by atoms with Crippen LogP contribution < -0.4 is 5.32 Å². The van der Waals surface area contributed by atoms with E-state index in [9.17, 15) is 14.4 Å². The zero-order chi connectivity index (χ0) is 18.3. The second-order valence-electron chi connectivity index (χ2n) is 5.90.